The minimum Gasteiger partial charge on any atom is -0.488 e. The van der Waals surface area contributed by atoms with E-state index in [0.29, 0.717) is 17.7 Å². The van der Waals surface area contributed by atoms with Crippen LogP contribution in [0.25, 0.3) is 0 Å². The molecular formula is C19H23F5N2O. The summed E-state index contributed by atoms with van der Waals surface area (Å²) in [6, 6.07) is 1.55. The predicted octanol–water partition coefficient (Wildman–Crippen LogP) is 5.42. The van der Waals surface area contributed by atoms with Crippen molar-refractivity contribution in [2.75, 3.05) is 19.8 Å². The molecule has 0 aliphatic heterocycles. The molecular weight excluding hydrogens is 367 g/mol. The number of unbranched alkanes of at least 4 members (excludes halogenated alkanes) is 1. The van der Waals surface area contributed by atoms with Crippen LogP contribution in [-0.2, 0) is 0 Å². The van der Waals surface area contributed by atoms with Crippen LogP contribution in [-0.4, -0.2) is 42.9 Å². The van der Waals surface area contributed by atoms with Gasteiger partial charge in [-0.2, -0.15) is 13.2 Å². The number of aliphatic imine (C=N–C) groups is 1. The van der Waals surface area contributed by atoms with E-state index in [1.807, 2.05) is 6.92 Å². The molecule has 1 rings (SSSR count). The lowest BCUT2D eigenvalue weighted by Crippen LogP contribution is -2.16. The summed E-state index contributed by atoms with van der Waals surface area (Å²) in [6.45, 7) is 1.64. The van der Waals surface area contributed by atoms with E-state index in [1.54, 1.807) is 13.0 Å². The molecule has 1 aromatic heterocycles. The number of allylic oxidation sites excluding steroid dienone is 3. The second kappa shape index (κ2) is 11.5. The summed E-state index contributed by atoms with van der Waals surface area (Å²) >= 11 is 0. The predicted molar refractivity (Wildman–Crippen MR) is 95.9 cm³/mol. The monoisotopic (exact) mass is 390 g/mol. The quantitative estimate of drug-likeness (QED) is 0.304. The number of hydrogen-bond acceptors (Lipinski definition) is 3. The van der Waals surface area contributed by atoms with Crippen LogP contribution in [0, 0.1) is 0 Å². The van der Waals surface area contributed by atoms with Crippen molar-refractivity contribution in [2.24, 2.45) is 4.99 Å². The van der Waals surface area contributed by atoms with Crippen molar-refractivity contribution in [3.63, 3.8) is 0 Å². The van der Waals surface area contributed by atoms with E-state index in [9.17, 15) is 22.0 Å². The molecule has 1 heterocycles. The molecule has 0 saturated heterocycles. The van der Waals surface area contributed by atoms with Crippen molar-refractivity contribution in [3.05, 3.63) is 47.8 Å². The average Bonchev–Trinajstić information content (AvgIpc) is 2.64. The van der Waals surface area contributed by atoms with Crippen molar-refractivity contribution in [1.82, 2.24) is 4.98 Å². The highest BCUT2D eigenvalue weighted by atomic mass is 19.4. The zero-order valence-electron chi connectivity index (χ0n) is 15.3. The molecule has 0 aliphatic carbocycles. The minimum absolute atomic E-state index is 0.185. The van der Waals surface area contributed by atoms with Crippen LogP contribution in [0.1, 0.15) is 32.3 Å². The normalized spacial score (nSPS) is 14.6. The van der Waals surface area contributed by atoms with Crippen molar-refractivity contribution < 1.29 is 26.7 Å². The van der Waals surface area contributed by atoms with Gasteiger partial charge in [0.1, 0.15) is 19.0 Å². The maximum Gasteiger partial charge on any atom is 0.416 e. The van der Waals surface area contributed by atoms with E-state index in [2.05, 4.69) is 9.98 Å². The van der Waals surface area contributed by atoms with Gasteiger partial charge < -0.3 is 4.74 Å². The van der Waals surface area contributed by atoms with Gasteiger partial charge in [0.05, 0.1) is 18.3 Å². The molecule has 1 aromatic rings. The molecule has 3 nitrogen and oxygen atoms in total. The van der Waals surface area contributed by atoms with Gasteiger partial charge in [0.25, 0.3) is 0 Å². The molecule has 0 radical (unpaired) electrons. The third-order valence-corrected chi connectivity index (χ3v) is 3.48. The molecule has 0 N–H and O–H groups in total. The largest absolute Gasteiger partial charge is 0.488 e. The summed E-state index contributed by atoms with van der Waals surface area (Å²) in [5.74, 6) is 0.192. The molecule has 0 spiro atoms. The molecule has 1 unspecified atom stereocenters. The number of alkyl halides is 5. The molecule has 0 aromatic carbocycles. The number of pyridine rings is 1. The van der Waals surface area contributed by atoms with Crippen LogP contribution in [0.3, 0.4) is 0 Å². The Morgan fingerprint density at radius 3 is 2.74 bits per heavy atom. The minimum atomic E-state index is -4.46. The molecule has 0 saturated carbocycles. The van der Waals surface area contributed by atoms with Crippen molar-refractivity contribution in [1.29, 1.82) is 0 Å². The van der Waals surface area contributed by atoms with Gasteiger partial charge in [0.2, 0.25) is 0 Å². The molecule has 8 heteroatoms. The Hall–Kier alpha value is -2.25. The Labute approximate surface area is 155 Å². The fourth-order valence-corrected chi connectivity index (χ4v) is 2.04. The summed E-state index contributed by atoms with van der Waals surface area (Å²) in [5, 5.41) is 0. The highest BCUT2D eigenvalue weighted by Crippen LogP contribution is 2.27. The zero-order valence-corrected chi connectivity index (χ0v) is 15.3. The third-order valence-electron chi connectivity index (χ3n) is 3.48. The smallest absolute Gasteiger partial charge is 0.416 e. The molecule has 150 valence electrons. The number of hydrogen-bond donors (Lipinski definition) is 0. The first-order valence-corrected chi connectivity index (χ1v) is 8.51. The van der Waals surface area contributed by atoms with Crippen LogP contribution in [0.2, 0.25) is 0 Å². The van der Waals surface area contributed by atoms with Crippen molar-refractivity contribution in [2.45, 2.75) is 39.0 Å². The summed E-state index contributed by atoms with van der Waals surface area (Å²) < 4.78 is 69.4. The van der Waals surface area contributed by atoms with Crippen molar-refractivity contribution >= 4 is 5.71 Å². The second-order valence-electron chi connectivity index (χ2n) is 5.71. The second-order valence-corrected chi connectivity index (χ2v) is 5.71. The van der Waals surface area contributed by atoms with Crippen LogP contribution in [0.4, 0.5) is 22.0 Å². The fraction of sp³-hybridized carbons (Fsp3) is 0.474. The van der Waals surface area contributed by atoms with E-state index in [-0.39, 0.29) is 12.3 Å². The van der Waals surface area contributed by atoms with Crippen LogP contribution in [0.15, 0.2) is 47.3 Å². The van der Waals surface area contributed by atoms with E-state index in [0.717, 1.165) is 18.6 Å². The first-order chi connectivity index (χ1) is 12.8. The van der Waals surface area contributed by atoms with Crippen molar-refractivity contribution in [3.8, 4) is 5.75 Å². The lowest BCUT2D eigenvalue weighted by atomic mass is 10.1. The number of halogens is 5. The van der Waals surface area contributed by atoms with E-state index < -0.39 is 31.2 Å². The zero-order chi connectivity index (χ0) is 20.3. The highest BCUT2D eigenvalue weighted by Gasteiger charge is 2.31. The Kier molecular flexibility index (Phi) is 9.67. The van der Waals surface area contributed by atoms with Gasteiger partial charge in [0.15, 0.2) is 6.17 Å². The molecule has 1 atom stereocenters. The lowest BCUT2D eigenvalue weighted by Gasteiger charge is -2.12. The fourth-order valence-electron chi connectivity index (χ4n) is 2.04. The summed E-state index contributed by atoms with van der Waals surface area (Å²) in [6.07, 6.45) is 1.39. The Bertz CT molecular complexity index is 668. The molecule has 0 bridgehead atoms. The molecule has 0 amide bonds. The van der Waals surface area contributed by atoms with Gasteiger partial charge in [-0.05, 0) is 19.4 Å². The van der Waals surface area contributed by atoms with Crippen LogP contribution in [0.5, 0.6) is 5.75 Å². The SMILES string of the molecule is CCC/C=C\C(=C/C/N=C(\C)c1ccncc1OCC(F)CF)C(F)(F)F. The Morgan fingerprint density at radius 1 is 1.37 bits per heavy atom. The van der Waals surface area contributed by atoms with Gasteiger partial charge in [-0.1, -0.05) is 31.6 Å². The highest BCUT2D eigenvalue weighted by molar-refractivity contribution is 6.01. The van der Waals surface area contributed by atoms with Gasteiger partial charge in [-0.3, -0.25) is 9.98 Å². The van der Waals surface area contributed by atoms with Gasteiger partial charge in [-0.15, -0.1) is 0 Å². The summed E-state index contributed by atoms with van der Waals surface area (Å²) in [5.41, 5.74) is 0.0971. The standard InChI is InChI=1S/C19H23F5N2O/c1-3-4-5-6-15(19(22,23)24)7-10-26-14(2)17-8-9-25-12-18(17)27-13-16(21)11-20/h5-9,12,16H,3-4,10-11,13H2,1-2H3/b6-5-,15-7+,26-14+. The van der Waals surface area contributed by atoms with Gasteiger partial charge in [-0.25, -0.2) is 8.78 Å². The Morgan fingerprint density at radius 2 is 2.11 bits per heavy atom. The number of rotatable bonds is 10. The first kappa shape index (κ1) is 22.8. The maximum absolute atomic E-state index is 13.0. The number of aromatic nitrogens is 1. The van der Waals surface area contributed by atoms with E-state index in [1.165, 1.54) is 18.5 Å². The van der Waals surface area contributed by atoms with Gasteiger partial charge in [0, 0.05) is 17.5 Å². The lowest BCUT2D eigenvalue weighted by molar-refractivity contribution is -0.0883. The van der Waals surface area contributed by atoms with E-state index in [4.69, 9.17) is 4.74 Å². The molecule has 27 heavy (non-hydrogen) atoms. The van der Waals surface area contributed by atoms with Crippen LogP contribution < -0.4 is 4.74 Å². The number of ether oxygens (including phenoxy) is 1. The first-order valence-electron chi connectivity index (χ1n) is 8.51. The summed E-state index contributed by atoms with van der Waals surface area (Å²) in [4.78, 5) is 7.96. The summed E-state index contributed by atoms with van der Waals surface area (Å²) in [7, 11) is 0. The van der Waals surface area contributed by atoms with Crippen LogP contribution >= 0.6 is 0 Å². The Balaban J connectivity index is 2.92. The topological polar surface area (TPSA) is 34.5 Å². The number of nitrogens with zero attached hydrogens (tertiary/aromatic N) is 2. The van der Waals surface area contributed by atoms with E-state index >= 15 is 0 Å². The average molecular weight is 390 g/mol. The third kappa shape index (κ3) is 8.32. The maximum atomic E-state index is 13.0. The molecule has 0 aliphatic rings. The van der Waals surface area contributed by atoms with Gasteiger partial charge >= 0.3 is 6.18 Å². The molecule has 0 fully saturated rings.